The van der Waals surface area contributed by atoms with E-state index in [2.05, 4.69) is 14.9 Å². The summed E-state index contributed by atoms with van der Waals surface area (Å²) in [5, 5.41) is 6.47. The van der Waals surface area contributed by atoms with E-state index >= 15 is 0 Å². The van der Waals surface area contributed by atoms with Crippen molar-refractivity contribution in [2.75, 3.05) is 6.26 Å². The standard InChI is InChI=1S/C10H10ClN3O5S2/c1-20(15,16)10-14-13-9(19-10)6-12-21(17,18)8-4-2-3-7(11)5-8/h2-5,12H,6H2,1H3. The lowest BCUT2D eigenvalue weighted by molar-refractivity contribution is 0.394. The van der Waals surface area contributed by atoms with Gasteiger partial charge in [-0.05, 0) is 18.2 Å². The molecule has 1 aromatic heterocycles. The molecular formula is C10H10ClN3O5S2. The third-order valence-corrected chi connectivity index (χ3v) is 4.72. The van der Waals surface area contributed by atoms with Crippen LogP contribution in [-0.2, 0) is 26.4 Å². The second kappa shape index (κ2) is 5.72. The van der Waals surface area contributed by atoms with Gasteiger partial charge in [0.25, 0.3) is 0 Å². The number of halogens is 1. The number of rotatable bonds is 5. The first kappa shape index (κ1) is 15.9. The average Bonchev–Trinajstić information content (AvgIpc) is 2.85. The van der Waals surface area contributed by atoms with Crippen LogP contribution in [-0.4, -0.2) is 33.3 Å². The van der Waals surface area contributed by atoms with Gasteiger partial charge in [0, 0.05) is 11.3 Å². The van der Waals surface area contributed by atoms with E-state index in [1.807, 2.05) is 0 Å². The van der Waals surface area contributed by atoms with Crippen molar-refractivity contribution < 1.29 is 21.3 Å². The highest BCUT2D eigenvalue weighted by atomic mass is 35.5. The second-order valence-corrected chi connectivity index (χ2v) is 8.11. The summed E-state index contributed by atoms with van der Waals surface area (Å²) < 4.78 is 53.3. The molecule has 114 valence electrons. The lowest BCUT2D eigenvalue weighted by Crippen LogP contribution is -2.23. The summed E-state index contributed by atoms with van der Waals surface area (Å²) in [4.78, 5) is -0.0298. The highest BCUT2D eigenvalue weighted by Crippen LogP contribution is 2.15. The average molecular weight is 352 g/mol. The van der Waals surface area contributed by atoms with Crippen molar-refractivity contribution in [3.8, 4) is 0 Å². The van der Waals surface area contributed by atoms with Crippen LogP contribution in [0.4, 0.5) is 0 Å². The van der Waals surface area contributed by atoms with E-state index < -0.39 is 25.1 Å². The Hall–Kier alpha value is -1.49. The lowest BCUT2D eigenvalue weighted by Gasteiger charge is -2.04. The van der Waals surface area contributed by atoms with Crippen LogP contribution in [0.1, 0.15) is 5.89 Å². The zero-order valence-electron chi connectivity index (χ0n) is 10.6. The Bertz CT molecular complexity index is 860. The third kappa shape index (κ3) is 4.00. The van der Waals surface area contributed by atoms with E-state index in [1.165, 1.54) is 24.3 Å². The van der Waals surface area contributed by atoms with Crippen LogP contribution in [0.5, 0.6) is 0 Å². The first-order valence-corrected chi connectivity index (χ1v) is 9.21. The van der Waals surface area contributed by atoms with E-state index in [1.54, 1.807) is 0 Å². The van der Waals surface area contributed by atoms with Gasteiger partial charge in [-0.15, -0.1) is 5.10 Å². The molecule has 0 aliphatic carbocycles. The summed E-state index contributed by atoms with van der Waals surface area (Å²) in [6.45, 7) is -0.336. The molecule has 8 nitrogen and oxygen atoms in total. The van der Waals surface area contributed by atoms with Crippen molar-refractivity contribution in [1.82, 2.24) is 14.9 Å². The number of sulfone groups is 1. The molecule has 0 unspecified atom stereocenters. The molecule has 21 heavy (non-hydrogen) atoms. The Morgan fingerprint density at radius 1 is 1.24 bits per heavy atom. The Labute approximate surface area is 126 Å². The highest BCUT2D eigenvalue weighted by Gasteiger charge is 2.19. The summed E-state index contributed by atoms with van der Waals surface area (Å²) in [6, 6.07) is 5.67. The van der Waals surface area contributed by atoms with Crippen molar-refractivity contribution >= 4 is 31.5 Å². The van der Waals surface area contributed by atoms with Crippen LogP contribution in [0.3, 0.4) is 0 Å². The summed E-state index contributed by atoms with van der Waals surface area (Å²) in [5.41, 5.74) is 0. The normalized spacial score (nSPS) is 12.5. The van der Waals surface area contributed by atoms with Gasteiger partial charge in [-0.3, -0.25) is 0 Å². The Morgan fingerprint density at radius 2 is 1.95 bits per heavy atom. The largest absolute Gasteiger partial charge is 0.411 e. The number of benzene rings is 1. The van der Waals surface area contributed by atoms with Gasteiger partial charge in [0.15, 0.2) is 0 Å². The maximum atomic E-state index is 12.0. The summed E-state index contributed by atoms with van der Waals surface area (Å²) in [6.07, 6.45) is 0.903. The van der Waals surface area contributed by atoms with Crippen molar-refractivity contribution in [1.29, 1.82) is 0 Å². The van der Waals surface area contributed by atoms with Crippen molar-refractivity contribution in [2.24, 2.45) is 0 Å². The lowest BCUT2D eigenvalue weighted by atomic mass is 10.4. The number of hydrogen-bond donors (Lipinski definition) is 1. The van der Waals surface area contributed by atoms with E-state index in [0.29, 0.717) is 0 Å². The molecule has 0 amide bonds. The highest BCUT2D eigenvalue weighted by molar-refractivity contribution is 7.90. The van der Waals surface area contributed by atoms with Gasteiger partial charge < -0.3 is 4.42 Å². The number of nitrogens with zero attached hydrogens (tertiary/aromatic N) is 2. The van der Waals surface area contributed by atoms with Crippen molar-refractivity contribution in [3.05, 3.63) is 35.2 Å². The molecule has 0 saturated heterocycles. The van der Waals surface area contributed by atoms with Gasteiger partial charge in [-0.25, -0.2) is 21.6 Å². The minimum atomic E-state index is -3.82. The quantitative estimate of drug-likeness (QED) is 0.837. The van der Waals surface area contributed by atoms with E-state index in [9.17, 15) is 16.8 Å². The molecule has 0 radical (unpaired) electrons. The molecular weight excluding hydrogens is 342 g/mol. The molecule has 1 N–H and O–H groups in total. The monoisotopic (exact) mass is 351 g/mol. The molecule has 1 aromatic carbocycles. The fourth-order valence-corrected chi connectivity index (χ4v) is 3.05. The summed E-state index contributed by atoms with van der Waals surface area (Å²) in [7, 11) is -7.45. The summed E-state index contributed by atoms with van der Waals surface area (Å²) >= 11 is 5.72. The molecule has 1 heterocycles. The molecule has 0 bridgehead atoms. The molecule has 0 saturated carbocycles. The SMILES string of the molecule is CS(=O)(=O)c1nnc(CNS(=O)(=O)c2cccc(Cl)c2)o1. The predicted molar refractivity (Wildman–Crippen MR) is 72.9 cm³/mol. The van der Waals surface area contributed by atoms with Crippen LogP contribution in [0.2, 0.25) is 5.02 Å². The zero-order valence-corrected chi connectivity index (χ0v) is 13.0. The topological polar surface area (TPSA) is 119 Å². The van der Waals surface area contributed by atoms with Crippen molar-refractivity contribution in [2.45, 2.75) is 16.7 Å². The fraction of sp³-hybridized carbons (Fsp3) is 0.200. The summed E-state index contributed by atoms with van der Waals surface area (Å²) in [5.74, 6) is -0.166. The number of hydrogen-bond acceptors (Lipinski definition) is 7. The van der Waals surface area contributed by atoms with E-state index in [-0.39, 0.29) is 22.4 Å². The predicted octanol–water partition coefficient (Wildman–Crippen LogP) is 0.605. The van der Waals surface area contributed by atoms with E-state index in [4.69, 9.17) is 16.0 Å². The number of nitrogens with one attached hydrogen (secondary N) is 1. The molecule has 0 spiro atoms. The second-order valence-electron chi connectivity index (χ2n) is 4.02. The van der Waals surface area contributed by atoms with Gasteiger partial charge in [0.05, 0.1) is 11.4 Å². The minimum absolute atomic E-state index is 0.0298. The van der Waals surface area contributed by atoms with Gasteiger partial charge in [-0.2, -0.15) is 0 Å². The Balaban J connectivity index is 2.14. The van der Waals surface area contributed by atoms with Crippen LogP contribution >= 0.6 is 11.6 Å². The molecule has 11 heteroatoms. The first-order valence-electron chi connectivity index (χ1n) is 5.46. The molecule has 0 fully saturated rings. The van der Waals surface area contributed by atoms with Crippen LogP contribution in [0.25, 0.3) is 0 Å². The number of sulfonamides is 1. The number of aromatic nitrogens is 2. The van der Waals surface area contributed by atoms with E-state index in [0.717, 1.165) is 6.26 Å². The van der Waals surface area contributed by atoms with Gasteiger partial charge in [-0.1, -0.05) is 22.8 Å². The fourth-order valence-electron chi connectivity index (χ4n) is 1.33. The maximum Gasteiger partial charge on any atom is 0.335 e. The molecule has 0 aliphatic rings. The third-order valence-electron chi connectivity index (χ3n) is 2.29. The van der Waals surface area contributed by atoms with Crippen molar-refractivity contribution in [3.63, 3.8) is 0 Å². The zero-order chi connectivity index (χ0) is 15.7. The maximum absolute atomic E-state index is 12.0. The first-order chi connectivity index (χ1) is 9.68. The molecule has 0 atom stereocenters. The molecule has 2 rings (SSSR count). The Kier molecular flexibility index (Phi) is 4.33. The van der Waals surface area contributed by atoms with Gasteiger partial charge in [0.2, 0.25) is 25.8 Å². The van der Waals surface area contributed by atoms with Gasteiger partial charge in [0.1, 0.15) is 0 Å². The van der Waals surface area contributed by atoms with Crippen LogP contribution in [0, 0.1) is 0 Å². The smallest absolute Gasteiger partial charge is 0.335 e. The Morgan fingerprint density at radius 3 is 2.52 bits per heavy atom. The minimum Gasteiger partial charge on any atom is -0.411 e. The van der Waals surface area contributed by atoms with Gasteiger partial charge >= 0.3 is 5.22 Å². The van der Waals surface area contributed by atoms with Crippen LogP contribution in [0.15, 0.2) is 38.8 Å². The molecule has 2 aromatic rings. The molecule has 0 aliphatic heterocycles. The van der Waals surface area contributed by atoms with Crippen LogP contribution < -0.4 is 4.72 Å².